The van der Waals surface area contributed by atoms with Crippen LogP contribution in [0.4, 0.5) is 0 Å². The molecule has 6 fully saturated rings. The highest BCUT2D eigenvalue weighted by atomic mass is 35.5. The molecule has 8 atom stereocenters. The average Bonchev–Trinajstić information content (AvgIpc) is 3.99. The summed E-state index contributed by atoms with van der Waals surface area (Å²) >= 11 is 0. The molecule has 0 radical (unpaired) electrons. The van der Waals surface area contributed by atoms with E-state index < -0.39 is 11.4 Å². The van der Waals surface area contributed by atoms with Crippen LogP contribution in [0.3, 0.4) is 0 Å². The van der Waals surface area contributed by atoms with E-state index in [1.165, 1.54) is 31.3 Å². The number of carbonyl (C=O) groups is 5. The van der Waals surface area contributed by atoms with Crippen molar-refractivity contribution in [3.05, 3.63) is 21.8 Å². The standard InChI is InChI=1S/C11H19NO4.C10H16O2.C9H17NO2.C9H15NO.C6H10O.ClH/c1-3-16-10(13)7-11(8-12(14)15)5-4-9(2)6-11;1-3-12-10(11)7-9-5-4-8(2)6-9;1-7-2-3-9(4-7,6-10)5-8(11)12;1-7-2-3-9(4-7)5-8(11)10-6-9;1-5-2-3-6(7)4-5;/h9H,3-8H2,1-2H3;7-8H,3-6H2,1-2H3;7H,2-6,10H2,1H3,(H,11,12);7H,2-6H2,1H3,(H,10,11);5H,2-4H2,1H3;1H/b;9-7-;;;;/t9-,11+;8-;2*7-,9+;5-;/m11111./s1. The maximum absolute atomic E-state index is 11.4. The van der Waals surface area contributed by atoms with Crippen LogP contribution in [0.15, 0.2) is 11.6 Å². The predicted molar refractivity (Wildman–Crippen MR) is 231 cm³/mol. The molecule has 5 aliphatic carbocycles. The normalized spacial score (nSPS) is 32.2. The fraction of sp³-hybridized carbons (Fsp3) is 0.844. The Balaban J connectivity index is 0.000000374. The van der Waals surface area contributed by atoms with Crippen molar-refractivity contribution < 1.29 is 43.5 Å². The van der Waals surface area contributed by atoms with E-state index in [2.05, 4.69) is 39.9 Å². The third-order valence-corrected chi connectivity index (χ3v) is 13.0. The number of allylic oxidation sites excluding steroid dienone is 1. The van der Waals surface area contributed by atoms with Crippen molar-refractivity contribution in [1.29, 1.82) is 0 Å². The van der Waals surface area contributed by atoms with Gasteiger partial charge in [-0.15, -0.1) is 12.4 Å². The predicted octanol–water partition coefficient (Wildman–Crippen LogP) is 8.65. The fourth-order valence-electron chi connectivity index (χ4n) is 10.0. The highest BCUT2D eigenvalue weighted by Gasteiger charge is 2.44. The number of carboxylic acids is 1. The number of esters is 2. The van der Waals surface area contributed by atoms with Crippen molar-refractivity contribution >= 4 is 42.0 Å². The zero-order valence-electron chi connectivity index (χ0n) is 37.3. The molecule has 4 N–H and O–H groups in total. The number of aliphatic carboxylic acids is 1. The van der Waals surface area contributed by atoms with Crippen LogP contribution in [0.5, 0.6) is 0 Å². The van der Waals surface area contributed by atoms with E-state index >= 15 is 0 Å². The van der Waals surface area contributed by atoms with Gasteiger partial charge < -0.3 is 25.6 Å². The molecule has 1 saturated heterocycles. The first-order valence-corrected chi connectivity index (χ1v) is 22.1. The van der Waals surface area contributed by atoms with Crippen LogP contribution in [0.2, 0.25) is 0 Å². The van der Waals surface area contributed by atoms with Gasteiger partial charge in [0.25, 0.3) is 0 Å². The number of nitrogens with one attached hydrogen (secondary N) is 1. The van der Waals surface area contributed by atoms with Crippen LogP contribution in [-0.2, 0) is 33.4 Å². The number of nitrogens with two attached hydrogens (primary N) is 1. The highest BCUT2D eigenvalue weighted by molar-refractivity contribution is 5.85. The van der Waals surface area contributed by atoms with Crippen LogP contribution >= 0.6 is 12.4 Å². The first-order chi connectivity index (χ1) is 27.3. The number of ketones is 1. The summed E-state index contributed by atoms with van der Waals surface area (Å²) in [5.74, 6) is 2.88. The Morgan fingerprint density at radius 1 is 0.814 bits per heavy atom. The summed E-state index contributed by atoms with van der Waals surface area (Å²) < 4.78 is 9.71. The minimum absolute atomic E-state index is 0. The lowest BCUT2D eigenvalue weighted by Crippen LogP contribution is -2.30. The van der Waals surface area contributed by atoms with Gasteiger partial charge in [-0.25, -0.2) is 4.79 Å². The van der Waals surface area contributed by atoms with Gasteiger partial charge >= 0.3 is 17.9 Å². The lowest BCUT2D eigenvalue weighted by molar-refractivity contribution is -0.497. The molecule has 13 nitrogen and oxygen atoms in total. The third kappa shape index (κ3) is 20.4. The maximum atomic E-state index is 11.4. The zero-order chi connectivity index (χ0) is 43.5. The van der Waals surface area contributed by atoms with Crippen LogP contribution in [0, 0.1) is 55.9 Å². The molecule has 6 aliphatic rings. The van der Waals surface area contributed by atoms with Crippen molar-refractivity contribution in [2.24, 2.45) is 51.6 Å². The minimum Gasteiger partial charge on any atom is -0.481 e. The summed E-state index contributed by atoms with van der Waals surface area (Å²) in [6, 6.07) is 0. The van der Waals surface area contributed by atoms with E-state index in [9.17, 15) is 34.1 Å². The summed E-state index contributed by atoms with van der Waals surface area (Å²) in [5.41, 5.74) is 6.68. The van der Waals surface area contributed by atoms with E-state index in [-0.39, 0.29) is 60.0 Å². The van der Waals surface area contributed by atoms with Gasteiger partial charge in [-0.2, -0.15) is 0 Å². The molecule has 0 unspecified atom stereocenters. The Morgan fingerprint density at radius 3 is 1.75 bits per heavy atom. The smallest absolute Gasteiger partial charge is 0.330 e. The topological polar surface area (TPSA) is 205 Å². The number of Topliss-reactive ketones (excluding diaryl/α,β-unsaturated/α-hetero) is 1. The molecule has 1 amide bonds. The van der Waals surface area contributed by atoms with Crippen molar-refractivity contribution in [1.82, 2.24) is 5.32 Å². The quantitative estimate of drug-likeness (QED) is 0.0821. The van der Waals surface area contributed by atoms with Gasteiger partial charge in [0, 0.05) is 42.2 Å². The Morgan fingerprint density at radius 2 is 1.37 bits per heavy atom. The molecular formula is C45H78ClN3O10. The average molecular weight is 857 g/mol. The van der Waals surface area contributed by atoms with Gasteiger partial charge in [0.15, 0.2) is 0 Å². The zero-order valence-corrected chi connectivity index (χ0v) is 38.1. The number of ether oxygens (including phenoxy) is 2. The molecule has 0 bridgehead atoms. The number of carboxylic acid groups (broad SMARTS) is 1. The first-order valence-electron chi connectivity index (χ1n) is 22.1. The molecule has 6 rings (SSSR count). The lowest BCUT2D eigenvalue weighted by atomic mass is 9.82. The van der Waals surface area contributed by atoms with Gasteiger partial charge in [-0.05, 0) is 131 Å². The number of carbonyl (C=O) groups excluding carboxylic acids is 4. The summed E-state index contributed by atoms with van der Waals surface area (Å²) in [5, 5.41) is 22.3. The number of nitro groups is 1. The Kier molecular flexibility index (Phi) is 24.1. The molecule has 1 aliphatic heterocycles. The van der Waals surface area contributed by atoms with Crippen LogP contribution < -0.4 is 11.1 Å². The number of hydrogen-bond donors (Lipinski definition) is 3. The molecule has 14 heteroatoms. The number of nitrogens with zero attached hydrogens (tertiary/aromatic N) is 1. The van der Waals surface area contributed by atoms with Crippen molar-refractivity contribution in [2.75, 3.05) is 32.8 Å². The van der Waals surface area contributed by atoms with E-state index in [1.54, 1.807) is 13.0 Å². The second-order valence-electron chi connectivity index (χ2n) is 19.0. The van der Waals surface area contributed by atoms with Crippen LogP contribution in [0.1, 0.15) is 164 Å². The second-order valence-corrected chi connectivity index (χ2v) is 19.0. The number of halogens is 1. The number of amides is 1. The lowest BCUT2D eigenvalue weighted by Gasteiger charge is -2.25. The maximum Gasteiger partial charge on any atom is 0.330 e. The van der Waals surface area contributed by atoms with Gasteiger partial charge in [0.2, 0.25) is 12.5 Å². The number of rotatable bonds is 10. The first kappa shape index (κ1) is 54.0. The Labute approximate surface area is 360 Å². The van der Waals surface area contributed by atoms with Gasteiger partial charge in [-0.1, -0.05) is 53.0 Å². The molecule has 340 valence electrons. The van der Waals surface area contributed by atoms with Crippen LogP contribution in [-0.4, -0.2) is 72.5 Å². The van der Waals surface area contributed by atoms with E-state index in [0.29, 0.717) is 48.7 Å². The molecule has 5 saturated carbocycles. The fourth-order valence-corrected chi connectivity index (χ4v) is 10.0. The van der Waals surface area contributed by atoms with Crippen molar-refractivity contribution in [2.45, 2.75) is 164 Å². The van der Waals surface area contributed by atoms with Crippen molar-refractivity contribution in [3.8, 4) is 0 Å². The van der Waals surface area contributed by atoms with Gasteiger partial charge in [-0.3, -0.25) is 29.3 Å². The summed E-state index contributed by atoms with van der Waals surface area (Å²) in [6.07, 6.45) is 18.4. The van der Waals surface area contributed by atoms with Gasteiger partial charge in [0.1, 0.15) is 5.78 Å². The Bertz CT molecular complexity index is 1410. The van der Waals surface area contributed by atoms with Gasteiger partial charge in [0.05, 0.1) is 26.1 Å². The van der Waals surface area contributed by atoms with Crippen LogP contribution in [0.25, 0.3) is 0 Å². The minimum atomic E-state index is -0.713. The van der Waals surface area contributed by atoms with E-state index in [0.717, 1.165) is 95.4 Å². The molecule has 0 aromatic carbocycles. The van der Waals surface area contributed by atoms with Crippen molar-refractivity contribution in [3.63, 3.8) is 0 Å². The molecule has 0 aromatic rings. The molecule has 0 aromatic heterocycles. The summed E-state index contributed by atoms with van der Waals surface area (Å²) in [7, 11) is 0. The monoisotopic (exact) mass is 856 g/mol. The molecule has 59 heavy (non-hydrogen) atoms. The molecule has 1 spiro atoms. The third-order valence-electron chi connectivity index (χ3n) is 13.0. The Hall–Kier alpha value is -3.06. The number of hydrogen-bond acceptors (Lipinski definition) is 10. The molecular weight excluding hydrogens is 778 g/mol. The molecule has 1 heterocycles. The van der Waals surface area contributed by atoms with E-state index in [4.69, 9.17) is 20.3 Å². The van der Waals surface area contributed by atoms with E-state index in [1.807, 2.05) is 6.92 Å². The summed E-state index contributed by atoms with van der Waals surface area (Å²) in [4.78, 5) is 64.8. The highest BCUT2D eigenvalue weighted by Crippen LogP contribution is 2.46. The summed E-state index contributed by atoms with van der Waals surface area (Å²) in [6.45, 7) is 16.6. The largest absolute Gasteiger partial charge is 0.481 e. The second kappa shape index (κ2) is 26.3. The SMILES string of the molecule is CCOC(=O)/C=C1/CC[C@@H](C)C1.CCOC(=O)C[C@]1(C[N+](=O)[O-])CC[C@@H](C)C1.C[C@@H]1CCC(=O)C1.C[C@@H]1CC[C@@](CN)(CC(=O)O)C1.C[C@@H]1CC[C@]2(CNC(=O)C2)C1.Cl.